The Labute approximate surface area is 344 Å². The fourth-order valence-corrected chi connectivity index (χ4v) is 6.79. The number of ether oxygens (including phenoxy) is 7. The summed E-state index contributed by atoms with van der Waals surface area (Å²) in [6, 6.07) is 39.2. The molecule has 5 rings (SSSR count). The molecule has 1 fully saturated rings. The van der Waals surface area contributed by atoms with Crippen LogP contribution in [-0.2, 0) is 69.2 Å². The molecule has 9 heteroatoms. The van der Waals surface area contributed by atoms with Crippen LogP contribution in [-0.4, -0.2) is 55.4 Å². The van der Waals surface area contributed by atoms with E-state index in [0.29, 0.717) is 6.61 Å². The van der Waals surface area contributed by atoms with Crippen LogP contribution in [0.5, 0.6) is 0 Å². The van der Waals surface area contributed by atoms with Crippen LogP contribution in [0, 0.1) is 5.92 Å². The van der Waals surface area contributed by atoms with Crippen molar-refractivity contribution < 1.29 is 42.7 Å². The number of unbranched alkanes of at least 4 members (excludes halogenated alkanes) is 3. The van der Waals surface area contributed by atoms with Gasteiger partial charge in [0, 0.05) is 0 Å². The maximum absolute atomic E-state index is 13.2. The number of carbonyl (C=O) groups is 2. The Morgan fingerprint density at radius 1 is 0.603 bits per heavy atom. The van der Waals surface area contributed by atoms with Gasteiger partial charge in [-0.3, -0.25) is 9.59 Å². The molecule has 4 aromatic rings. The summed E-state index contributed by atoms with van der Waals surface area (Å²) in [6.07, 6.45) is 2.70. The Balaban J connectivity index is 1.39. The van der Waals surface area contributed by atoms with Gasteiger partial charge in [0.05, 0.1) is 38.8 Å². The molecule has 1 saturated heterocycles. The summed E-state index contributed by atoms with van der Waals surface area (Å²) in [4.78, 5) is 25.7. The number of hydrogen-bond acceptors (Lipinski definition) is 9. The summed E-state index contributed by atoms with van der Waals surface area (Å²) in [5, 5.41) is 0. The molecule has 1 heterocycles. The lowest BCUT2D eigenvalue weighted by Crippen LogP contribution is -2.62. The minimum atomic E-state index is -0.877. The van der Waals surface area contributed by atoms with Crippen LogP contribution in [0.3, 0.4) is 0 Å². The van der Waals surface area contributed by atoms with Gasteiger partial charge in [-0.15, -0.1) is 6.58 Å². The van der Waals surface area contributed by atoms with Crippen LogP contribution in [0.4, 0.5) is 0 Å². The van der Waals surface area contributed by atoms with Gasteiger partial charge in [0.15, 0.2) is 6.29 Å². The van der Waals surface area contributed by atoms with E-state index >= 15 is 0 Å². The van der Waals surface area contributed by atoms with E-state index in [9.17, 15) is 9.59 Å². The first-order chi connectivity index (χ1) is 28.4. The van der Waals surface area contributed by atoms with E-state index in [-0.39, 0.29) is 51.3 Å². The molecule has 0 aliphatic carbocycles. The van der Waals surface area contributed by atoms with Crippen molar-refractivity contribution in [2.75, 3.05) is 6.61 Å². The summed E-state index contributed by atoms with van der Waals surface area (Å²) < 4.78 is 45.3. The fraction of sp³-hybridized carbons (Fsp3) is 0.429. The molecule has 9 nitrogen and oxygen atoms in total. The lowest BCUT2D eigenvalue weighted by atomic mass is 9.96. The average Bonchev–Trinajstić information content (AvgIpc) is 3.26. The van der Waals surface area contributed by atoms with Crippen molar-refractivity contribution in [1.82, 2.24) is 0 Å². The number of allylic oxidation sites excluding steroid dienone is 1. The van der Waals surface area contributed by atoms with E-state index in [0.717, 1.165) is 54.4 Å². The lowest BCUT2D eigenvalue weighted by Gasteiger charge is -2.46. The highest BCUT2D eigenvalue weighted by Gasteiger charge is 2.50. The molecule has 0 saturated carbocycles. The Morgan fingerprint density at radius 2 is 1.07 bits per heavy atom. The predicted molar refractivity (Wildman–Crippen MR) is 223 cm³/mol. The van der Waals surface area contributed by atoms with Gasteiger partial charge in [0.25, 0.3) is 0 Å². The average molecular weight is 793 g/mol. The zero-order chi connectivity index (χ0) is 40.8. The van der Waals surface area contributed by atoms with Crippen molar-refractivity contribution in [3.8, 4) is 0 Å². The molecule has 0 amide bonds. The first-order valence-corrected chi connectivity index (χ1v) is 20.6. The second-order valence-corrected chi connectivity index (χ2v) is 15.0. The Bertz CT molecular complexity index is 1740. The van der Waals surface area contributed by atoms with Crippen LogP contribution < -0.4 is 0 Å². The maximum atomic E-state index is 13.2. The predicted octanol–water partition coefficient (Wildman–Crippen LogP) is 9.71. The van der Waals surface area contributed by atoms with Gasteiger partial charge in [-0.25, -0.2) is 0 Å². The number of carbonyl (C=O) groups excluding carboxylic acids is 2. The third kappa shape index (κ3) is 15.3. The van der Waals surface area contributed by atoms with E-state index in [1.807, 2.05) is 127 Å². The second kappa shape index (κ2) is 25.0. The molecule has 0 bridgehead atoms. The smallest absolute Gasteiger partial charge is 0.306 e. The summed E-state index contributed by atoms with van der Waals surface area (Å²) in [7, 11) is 0. The van der Waals surface area contributed by atoms with Gasteiger partial charge in [-0.2, -0.15) is 0 Å². The highest BCUT2D eigenvalue weighted by atomic mass is 16.7. The third-order valence-electron chi connectivity index (χ3n) is 10.1. The summed E-state index contributed by atoms with van der Waals surface area (Å²) in [5.74, 6) is -0.848. The molecular weight excluding hydrogens is 733 g/mol. The Kier molecular flexibility index (Phi) is 19.1. The summed E-state index contributed by atoms with van der Waals surface area (Å²) >= 11 is 0. The van der Waals surface area contributed by atoms with Gasteiger partial charge in [-0.1, -0.05) is 154 Å². The van der Waals surface area contributed by atoms with Crippen LogP contribution in [0.15, 0.2) is 134 Å². The van der Waals surface area contributed by atoms with Crippen LogP contribution in [0.25, 0.3) is 0 Å². The lowest BCUT2D eigenvalue weighted by molar-refractivity contribution is -0.337. The monoisotopic (exact) mass is 792 g/mol. The minimum Gasteiger partial charge on any atom is -0.463 e. The molecule has 1 aliphatic rings. The molecule has 0 spiro atoms. The zero-order valence-corrected chi connectivity index (χ0v) is 34.0. The molecular formula is C49H60O9. The zero-order valence-electron chi connectivity index (χ0n) is 34.0. The minimum absolute atomic E-state index is 0.113. The molecule has 310 valence electrons. The van der Waals surface area contributed by atoms with Crippen molar-refractivity contribution in [2.45, 2.75) is 122 Å². The summed E-state index contributed by atoms with van der Waals surface area (Å²) in [5.41, 5.74) is 3.81. The highest BCUT2D eigenvalue weighted by molar-refractivity contribution is 5.77. The summed E-state index contributed by atoms with van der Waals surface area (Å²) in [6.45, 7) is 8.98. The van der Waals surface area contributed by atoms with E-state index in [1.54, 1.807) is 0 Å². The fourth-order valence-electron chi connectivity index (χ4n) is 6.79. The molecule has 58 heavy (non-hydrogen) atoms. The van der Waals surface area contributed by atoms with Crippen molar-refractivity contribution in [2.24, 2.45) is 5.92 Å². The SMILES string of the molecule is C=CCCCCC[C@@H](O[C@H]1OC(COC(=O)CCC(=O)OCc2ccccc2)[C@H](OCc2ccccc2)C(OCc2ccccc2)C1OCc1ccccc1)C(C)C. The second-order valence-electron chi connectivity index (χ2n) is 15.0. The number of benzene rings is 4. The van der Waals surface area contributed by atoms with Crippen LogP contribution in [0.1, 0.15) is 81.0 Å². The van der Waals surface area contributed by atoms with Crippen molar-refractivity contribution in [1.29, 1.82) is 0 Å². The van der Waals surface area contributed by atoms with Gasteiger partial charge in [0.1, 0.15) is 37.6 Å². The number of esters is 2. The van der Waals surface area contributed by atoms with E-state index in [4.69, 9.17) is 33.2 Å². The van der Waals surface area contributed by atoms with E-state index in [2.05, 4.69) is 20.4 Å². The van der Waals surface area contributed by atoms with Crippen molar-refractivity contribution in [3.05, 3.63) is 156 Å². The molecule has 3 unspecified atom stereocenters. The Hall–Kier alpha value is -4.64. The molecule has 4 aromatic carbocycles. The molecule has 0 radical (unpaired) electrons. The number of hydrogen-bond donors (Lipinski definition) is 0. The van der Waals surface area contributed by atoms with Crippen molar-refractivity contribution in [3.63, 3.8) is 0 Å². The third-order valence-corrected chi connectivity index (χ3v) is 10.1. The molecule has 1 aliphatic heterocycles. The molecule has 0 N–H and O–H groups in total. The van der Waals surface area contributed by atoms with E-state index < -0.39 is 42.6 Å². The van der Waals surface area contributed by atoms with Gasteiger partial charge in [0.2, 0.25) is 0 Å². The van der Waals surface area contributed by atoms with Crippen LogP contribution >= 0.6 is 0 Å². The first kappa shape index (κ1) is 44.5. The molecule has 0 aromatic heterocycles. The van der Waals surface area contributed by atoms with Gasteiger partial charge in [-0.05, 0) is 47.4 Å². The largest absolute Gasteiger partial charge is 0.463 e. The maximum Gasteiger partial charge on any atom is 0.306 e. The topological polar surface area (TPSA) is 98.8 Å². The van der Waals surface area contributed by atoms with Gasteiger partial charge < -0.3 is 33.2 Å². The van der Waals surface area contributed by atoms with E-state index in [1.165, 1.54) is 0 Å². The normalized spacial score (nSPS) is 19.7. The van der Waals surface area contributed by atoms with Gasteiger partial charge >= 0.3 is 11.9 Å². The highest BCUT2D eigenvalue weighted by Crippen LogP contribution is 2.33. The standard InChI is InChI=1S/C49H60O9/c1-4-5-6-7-20-29-42(37(2)3)57-49-48(56-35-41-27-18-11-19-28-41)47(55-34-40-25-16-10-17-26-40)46(54-33-39-23-14-9-15-24-39)43(58-49)36-53-45(51)31-30-44(50)52-32-38-21-12-8-13-22-38/h4,8-19,21-28,37,42-43,46-49H,1,5-7,20,29-36H2,2-3H3/t42-,43?,46+,47?,48?,49+/m1/s1. The van der Waals surface area contributed by atoms with Crippen molar-refractivity contribution >= 4 is 11.9 Å². The molecule has 6 atom stereocenters. The first-order valence-electron chi connectivity index (χ1n) is 20.6. The van der Waals surface area contributed by atoms with Crippen LogP contribution in [0.2, 0.25) is 0 Å². The quantitative estimate of drug-likeness (QED) is 0.0369. The number of rotatable bonds is 25. The Morgan fingerprint density at radius 3 is 1.57 bits per heavy atom.